The molecule has 90 valence electrons. The van der Waals surface area contributed by atoms with Gasteiger partial charge in [-0.1, -0.05) is 22.0 Å². The molecule has 0 aliphatic carbocycles. The summed E-state index contributed by atoms with van der Waals surface area (Å²) in [6, 6.07) is 6.68. The van der Waals surface area contributed by atoms with Gasteiger partial charge >= 0.3 is 0 Å². The van der Waals surface area contributed by atoms with Crippen LogP contribution < -0.4 is 10.6 Å². The van der Waals surface area contributed by atoms with E-state index in [4.69, 9.17) is 0 Å². The molecule has 0 aliphatic rings. The van der Waals surface area contributed by atoms with Crippen LogP contribution in [0.15, 0.2) is 36.9 Å². The quantitative estimate of drug-likeness (QED) is 0.644. The molecule has 17 heavy (non-hydrogen) atoms. The summed E-state index contributed by atoms with van der Waals surface area (Å²) in [5, 5.41) is 5.58. The summed E-state index contributed by atoms with van der Waals surface area (Å²) in [5.74, 6) is -0.294. The Kier molecular flexibility index (Phi) is 5.42. The summed E-state index contributed by atoms with van der Waals surface area (Å²) in [4.78, 5) is 22.6. The zero-order valence-electron chi connectivity index (χ0n) is 9.20. The van der Waals surface area contributed by atoms with Crippen molar-refractivity contribution in [3.05, 3.63) is 42.5 Å². The lowest BCUT2D eigenvalue weighted by Gasteiger charge is -2.05. The lowest BCUT2D eigenvalue weighted by atomic mass is 10.2. The first-order valence-corrected chi connectivity index (χ1v) is 6.14. The molecule has 4 nitrogen and oxygen atoms in total. The molecule has 0 saturated heterocycles. The van der Waals surface area contributed by atoms with Gasteiger partial charge in [-0.2, -0.15) is 0 Å². The Balaban J connectivity index is 2.64. The molecule has 1 rings (SSSR count). The number of alkyl halides is 1. The maximum atomic E-state index is 11.5. The highest BCUT2D eigenvalue weighted by atomic mass is 79.9. The first-order valence-electron chi connectivity index (χ1n) is 5.02. The topological polar surface area (TPSA) is 58.2 Å². The van der Waals surface area contributed by atoms with Crippen LogP contribution in [0.5, 0.6) is 0 Å². The molecule has 0 fully saturated rings. The van der Waals surface area contributed by atoms with E-state index in [-0.39, 0.29) is 17.1 Å². The Labute approximate surface area is 108 Å². The van der Waals surface area contributed by atoms with Gasteiger partial charge in [-0.3, -0.25) is 9.59 Å². The molecular formula is C12H13BrN2O2. The fourth-order valence-electron chi connectivity index (χ4n) is 1.17. The Morgan fingerprint density at radius 3 is 2.47 bits per heavy atom. The van der Waals surface area contributed by atoms with Crippen molar-refractivity contribution in [3.8, 4) is 0 Å². The summed E-state index contributed by atoms with van der Waals surface area (Å²) >= 11 is 3.05. The smallest absolute Gasteiger partial charge is 0.251 e. The number of benzene rings is 1. The fourth-order valence-corrected chi connectivity index (χ4v) is 1.31. The van der Waals surface area contributed by atoms with Gasteiger partial charge in [0.15, 0.2) is 0 Å². The predicted octanol–water partition coefficient (Wildman–Crippen LogP) is 1.94. The van der Waals surface area contributed by atoms with Gasteiger partial charge in [-0.05, 0) is 24.3 Å². The van der Waals surface area contributed by atoms with E-state index in [9.17, 15) is 9.59 Å². The van der Waals surface area contributed by atoms with E-state index in [0.29, 0.717) is 17.8 Å². The largest absolute Gasteiger partial charge is 0.349 e. The maximum absolute atomic E-state index is 11.5. The average Bonchev–Trinajstić information content (AvgIpc) is 2.36. The zero-order valence-corrected chi connectivity index (χ0v) is 10.8. The molecule has 0 atom stereocenters. The van der Waals surface area contributed by atoms with Gasteiger partial charge in [-0.15, -0.1) is 6.58 Å². The van der Waals surface area contributed by atoms with E-state index < -0.39 is 0 Å². The number of carbonyl (C=O) groups excluding carboxylic acids is 2. The van der Waals surface area contributed by atoms with Crippen LogP contribution in [0.1, 0.15) is 10.4 Å². The standard InChI is InChI=1S/C12H13BrN2O2/c1-2-7-14-12(17)9-3-5-10(6-4-9)15-11(16)8-13/h2-6H,1,7-8H2,(H,14,17)(H,15,16). The SMILES string of the molecule is C=CCNC(=O)c1ccc(NC(=O)CBr)cc1. The molecule has 0 aliphatic heterocycles. The number of rotatable bonds is 5. The third kappa shape index (κ3) is 4.40. The summed E-state index contributed by atoms with van der Waals surface area (Å²) < 4.78 is 0. The summed E-state index contributed by atoms with van der Waals surface area (Å²) in [7, 11) is 0. The van der Waals surface area contributed by atoms with Crippen molar-refractivity contribution in [2.24, 2.45) is 0 Å². The van der Waals surface area contributed by atoms with Gasteiger partial charge in [0.1, 0.15) is 0 Å². The van der Waals surface area contributed by atoms with Gasteiger partial charge in [-0.25, -0.2) is 0 Å². The van der Waals surface area contributed by atoms with Crippen molar-refractivity contribution < 1.29 is 9.59 Å². The molecule has 2 N–H and O–H groups in total. The Bertz CT molecular complexity index is 415. The molecule has 0 heterocycles. The fraction of sp³-hybridized carbons (Fsp3) is 0.167. The van der Waals surface area contributed by atoms with Gasteiger partial charge in [0.2, 0.25) is 5.91 Å². The highest BCUT2D eigenvalue weighted by Gasteiger charge is 2.04. The normalized spacial score (nSPS) is 9.47. The van der Waals surface area contributed by atoms with Crippen molar-refractivity contribution in [2.45, 2.75) is 0 Å². The molecular weight excluding hydrogens is 284 g/mol. The number of hydrogen-bond acceptors (Lipinski definition) is 2. The molecule has 0 radical (unpaired) electrons. The number of nitrogens with one attached hydrogen (secondary N) is 2. The summed E-state index contributed by atoms with van der Waals surface area (Å²) in [6.07, 6.45) is 1.61. The van der Waals surface area contributed by atoms with Crippen LogP contribution >= 0.6 is 15.9 Å². The number of anilines is 1. The van der Waals surface area contributed by atoms with Gasteiger partial charge in [0.05, 0.1) is 5.33 Å². The van der Waals surface area contributed by atoms with Crippen molar-refractivity contribution in [3.63, 3.8) is 0 Å². The van der Waals surface area contributed by atoms with E-state index in [1.165, 1.54) is 0 Å². The van der Waals surface area contributed by atoms with Crippen LogP contribution in [0, 0.1) is 0 Å². The number of hydrogen-bond donors (Lipinski definition) is 2. The highest BCUT2D eigenvalue weighted by Crippen LogP contribution is 2.09. The highest BCUT2D eigenvalue weighted by molar-refractivity contribution is 9.09. The van der Waals surface area contributed by atoms with E-state index in [2.05, 4.69) is 33.1 Å². The predicted molar refractivity (Wildman–Crippen MR) is 71.4 cm³/mol. The zero-order chi connectivity index (χ0) is 12.7. The molecule has 1 aromatic carbocycles. The third-order valence-electron chi connectivity index (χ3n) is 1.96. The molecule has 0 spiro atoms. The van der Waals surface area contributed by atoms with Crippen LogP contribution in [-0.4, -0.2) is 23.7 Å². The molecule has 0 saturated carbocycles. The number of carbonyl (C=O) groups is 2. The van der Waals surface area contributed by atoms with Gasteiger partial charge in [0, 0.05) is 17.8 Å². The second-order valence-corrected chi connectivity index (χ2v) is 3.82. The van der Waals surface area contributed by atoms with E-state index in [1.54, 1.807) is 30.3 Å². The minimum Gasteiger partial charge on any atom is -0.349 e. The molecule has 0 unspecified atom stereocenters. The second kappa shape index (κ2) is 6.85. The van der Waals surface area contributed by atoms with Crippen LogP contribution in [0.3, 0.4) is 0 Å². The number of halogens is 1. The summed E-state index contributed by atoms with van der Waals surface area (Å²) in [6.45, 7) is 3.95. The Hall–Kier alpha value is -1.62. The van der Waals surface area contributed by atoms with Crippen molar-refractivity contribution in [1.29, 1.82) is 0 Å². The first-order chi connectivity index (χ1) is 8.17. The maximum Gasteiger partial charge on any atom is 0.251 e. The number of amides is 2. The molecule has 1 aromatic rings. The van der Waals surface area contributed by atoms with Crippen molar-refractivity contribution >= 4 is 33.4 Å². The minimum absolute atomic E-state index is 0.131. The van der Waals surface area contributed by atoms with Crippen LogP contribution in [0.2, 0.25) is 0 Å². The lowest BCUT2D eigenvalue weighted by Crippen LogP contribution is -2.23. The van der Waals surface area contributed by atoms with Gasteiger partial charge in [0.25, 0.3) is 5.91 Å². The average molecular weight is 297 g/mol. The molecule has 0 bridgehead atoms. The molecule has 5 heteroatoms. The minimum atomic E-state index is -0.164. The van der Waals surface area contributed by atoms with E-state index >= 15 is 0 Å². The Morgan fingerprint density at radius 2 is 1.94 bits per heavy atom. The molecule has 2 amide bonds. The first kappa shape index (κ1) is 13.4. The summed E-state index contributed by atoms with van der Waals surface area (Å²) in [5.41, 5.74) is 1.21. The monoisotopic (exact) mass is 296 g/mol. The molecule has 0 aromatic heterocycles. The van der Waals surface area contributed by atoms with Crippen molar-refractivity contribution in [2.75, 3.05) is 17.2 Å². The van der Waals surface area contributed by atoms with E-state index in [1.807, 2.05) is 0 Å². The third-order valence-corrected chi connectivity index (χ3v) is 2.47. The lowest BCUT2D eigenvalue weighted by molar-refractivity contribution is -0.113. The Morgan fingerprint density at radius 1 is 1.29 bits per heavy atom. The van der Waals surface area contributed by atoms with Crippen molar-refractivity contribution in [1.82, 2.24) is 5.32 Å². The van der Waals surface area contributed by atoms with Crippen LogP contribution in [0.25, 0.3) is 0 Å². The second-order valence-electron chi connectivity index (χ2n) is 3.26. The van der Waals surface area contributed by atoms with Crippen LogP contribution in [0.4, 0.5) is 5.69 Å². The van der Waals surface area contributed by atoms with Crippen LogP contribution in [-0.2, 0) is 4.79 Å². The van der Waals surface area contributed by atoms with Gasteiger partial charge < -0.3 is 10.6 Å². The van der Waals surface area contributed by atoms with E-state index in [0.717, 1.165) is 0 Å².